The van der Waals surface area contributed by atoms with E-state index in [2.05, 4.69) is 5.32 Å². The molecule has 3 aromatic rings. The Morgan fingerprint density at radius 1 is 1.09 bits per heavy atom. The third-order valence-corrected chi connectivity index (χ3v) is 5.85. The molecule has 0 atom stereocenters. The van der Waals surface area contributed by atoms with E-state index in [-0.39, 0.29) is 24.2 Å². The van der Waals surface area contributed by atoms with Crippen LogP contribution in [0.25, 0.3) is 10.9 Å². The number of aromatic nitrogens is 1. The van der Waals surface area contributed by atoms with Crippen LogP contribution in [-0.2, 0) is 11.3 Å². The maximum Gasteiger partial charge on any atom is 0.256 e. The van der Waals surface area contributed by atoms with Crippen LogP contribution < -0.4 is 16.0 Å². The van der Waals surface area contributed by atoms with E-state index in [4.69, 9.17) is 17.3 Å². The second kappa shape index (κ2) is 9.58. The first-order chi connectivity index (χ1) is 15.5. The zero-order valence-corrected chi connectivity index (χ0v) is 18.3. The van der Waals surface area contributed by atoms with Crippen molar-refractivity contribution in [1.82, 2.24) is 14.8 Å². The molecule has 2 aromatic carbocycles. The lowest BCUT2D eigenvalue weighted by molar-refractivity contribution is -0.121. The number of para-hydroxylation sites is 1. The molecule has 4 rings (SSSR count). The molecule has 2 amide bonds. The minimum atomic E-state index is -0.264. The lowest BCUT2D eigenvalue weighted by Crippen LogP contribution is -2.49. The minimum Gasteiger partial charge on any atom is -0.366 e. The van der Waals surface area contributed by atoms with Crippen molar-refractivity contribution in [3.8, 4) is 0 Å². The summed E-state index contributed by atoms with van der Waals surface area (Å²) >= 11 is 6.17. The van der Waals surface area contributed by atoms with Gasteiger partial charge in [0.2, 0.25) is 5.91 Å². The monoisotopic (exact) mass is 457 g/mol. The van der Waals surface area contributed by atoms with Gasteiger partial charge in [-0.2, -0.15) is 0 Å². The van der Waals surface area contributed by atoms with Crippen LogP contribution >= 0.6 is 11.6 Å². The smallest absolute Gasteiger partial charge is 0.256 e. The molecular weight excluding hydrogens is 433 g/mol. The van der Waals surface area contributed by atoms with E-state index in [1.807, 2.05) is 4.90 Å². The van der Waals surface area contributed by atoms with Gasteiger partial charge in [-0.15, -0.1) is 0 Å². The predicted octanol–water partition coefficient (Wildman–Crippen LogP) is 2.47. The Labute approximate surface area is 190 Å². The number of anilines is 1. The van der Waals surface area contributed by atoms with Crippen molar-refractivity contribution in [3.63, 3.8) is 0 Å². The summed E-state index contributed by atoms with van der Waals surface area (Å²) < 4.78 is 15.8. The maximum absolute atomic E-state index is 14.1. The Hall–Kier alpha value is -3.10. The molecule has 1 fully saturated rings. The predicted molar refractivity (Wildman–Crippen MR) is 124 cm³/mol. The van der Waals surface area contributed by atoms with E-state index in [0.717, 1.165) is 5.39 Å². The van der Waals surface area contributed by atoms with Gasteiger partial charge in [-0.25, -0.2) is 4.39 Å². The summed E-state index contributed by atoms with van der Waals surface area (Å²) in [5.41, 5.74) is 7.23. The zero-order chi connectivity index (χ0) is 22.7. The first kappa shape index (κ1) is 22.1. The summed E-state index contributed by atoms with van der Waals surface area (Å²) in [4.78, 5) is 29.3. The fourth-order valence-corrected chi connectivity index (χ4v) is 4.18. The number of halogens is 2. The van der Waals surface area contributed by atoms with Gasteiger partial charge >= 0.3 is 0 Å². The number of nitrogens with zero attached hydrogens (tertiary/aromatic N) is 3. The highest BCUT2D eigenvalue weighted by Gasteiger charge is 2.26. The lowest BCUT2D eigenvalue weighted by Gasteiger charge is -2.36. The van der Waals surface area contributed by atoms with Gasteiger partial charge < -0.3 is 25.4 Å². The van der Waals surface area contributed by atoms with Gasteiger partial charge in [0.25, 0.3) is 5.91 Å². The highest BCUT2D eigenvalue weighted by Crippen LogP contribution is 2.27. The van der Waals surface area contributed by atoms with Crippen molar-refractivity contribution < 1.29 is 14.0 Å². The fourth-order valence-electron chi connectivity index (χ4n) is 4.02. The van der Waals surface area contributed by atoms with Crippen molar-refractivity contribution >= 4 is 40.0 Å². The molecule has 1 aliphatic rings. The molecular formula is C23H25ClFN5O2. The number of rotatable bonds is 6. The number of carbonyl (C=O) groups is 2. The number of carbonyl (C=O) groups excluding carboxylic acids is 2. The van der Waals surface area contributed by atoms with E-state index in [1.165, 1.54) is 6.07 Å². The summed E-state index contributed by atoms with van der Waals surface area (Å²) in [5.74, 6) is -0.573. The molecule has 0 unspecified atom stereocenters. The average Bonchev–Trinajstić information content (AvgIpc) is 3.15. The quantitative estimate of drug-likeness (QED) is 0.595. The molecule has 32 heavy (non-hydrogen) atoms. The van der Waals surface area contributed by atoms with Crippen LogP contribution in [0.3, 0.4) is 0 Å². The van der Waals surface area contributed by atoms with Gasteiger partial charge in [-0.05, 0) is 24.3 Å². The van der Waals surface area contributed by atoms with Gasteiger partial charge in [0, 0.05) is 55.9 Å². The summed E-state index contributed by atoms with van der Waals surface area (Å²) in [6.45, 7) is 2.83. The van der Waals surface area contributed by atoms with Crippen LogP contribution in [0.4, 0.5) is 10.1 Å². The van der Waals surface area contributed by atoms with Gasteiger partial charge in [-0.3, -0.25) is 9.59 Å². The van der Waals surface area contributed by atoms with Crippen LogP contribution in [0.15, 0.2) is 48.7 Å². The molecule has 0 aliphatic carbocycles. The maximum atomic E-state index is 14.1. The zero-order valence-electron chi connectivity index (χ0n) is 17.6. The lowest BCUT2D eigenvalue weighted by atomic mass is 10.1. The molecule has 0 saturated carbocycles. The standard InChI is InChI=1S/C23H25ClFN5O2/c24-16-5-6-17-18(14-30(21(17)13-16)15-22(31)27-8-7-26)23(32)29-11-9-28(10-12-29)20-4-2-1-3-19(20)25/h1-6,13-14H,7-12,15,26H2,(H,27,31). The van der Waals surface area contributed by atoms with Crippen molar-refractivity contribution in [1.29, 1.82) is 0 Å². The van der Waals surface area contributed by atoms with E-state index in [0.29, 0.717) is 61.1 Å². The number of nitrogens with one attached hydrogen (secondary N) is 1. The van der Waals surface area contributed by atoms with E-state index in [1.54, 1.807) is 52.1 Å². The Bertz CT molecular complexity index is 1140. The Morgan fingerprint density at radius 2 is 1.84 bits per heavy atom. The number of piperazine rings is 1. The van der Waals surface area contributed by atoms with Crippen molar-refractivity contribution in [2.45, 2.75) is 6.54 Å². The van der Waals surface area contributed by atoms with Crippen LogP contribution in [0.1, 0.15) is 10.4 Å². The molecule has 0 spiro atoms. The largest absolute Gasteiger partial charge is 0.366 e. The molecule has 0 radical (unpaired) electrons. The molecule has 1 aromatic heterocycles. The molecule has 9 heteroatoms. The number of fused-ring (bicyclic) bond motifs is 1. The van der Waals surface area contributed by atoms with Crippen LogP contribution in [0, 0.1) is 5.82 Å². The highest BCUT2D eigenvalue weighted by molar-refractivity contribution is 6.31. The molecule has 3 N–H and O–H groups in total. The molecule has 1 aliphatic heterocycles. The topological polar surface area (TPSA) is 83.6 Å². The summed E-state index contributed by atoms with van der Waals surface area (Å²) in [6, 6.07) is 11.9. The Kier molecular flexibility index (Phi) is 6.62. The van der Waals surface area contributed by atoms with Crippen molar-refractivity contribution in [2.24, 2.45) is 5.73 Å². The van der Waals surface area contributed by atoms with E-state index < -0.39 is 0 Å². The number of benzene rings is 2. The molecule has 168 valence electrons. The molecule has 1 saturated heterocycles. The number of nitrogens with two attached hydrogens (primary N) is 1. The first-order valence-corrected chi connectivity index (χ1v) is 10.9. The normalized spacial score (nSPS) is 14.1. The Balaban J connectivity index is 1.54. The van der Waals surface area contributed by atoms with Crippen molar-refractivity contribution in [3.05, 3.63) is 65.1 Å². The van der Waals surface area contributed by atoms with Crippen molar-refractivity contribution in [2.75, 3.05) is 44.2 Å². The SMILES string of the molecule is NCCNC(=O)Cn1cc(C(=O)N2CCN(c3ccccc3F)CC2)c2ccc(Cl)cc21. The van der Waals surface area contributed by atoms with Gasteiger partial charge in [0.05, 0.1) is 16.8 Å². The fraction of sp³-hybridized carbons (Fsp3) is 0.304. The number of amides is 2. The van der Waals surface area contributed by atoms with Crippen LogP contribution in [0.2, 0.25) is 5.02 Å². The summed E-state index contributed by atoms with van der Waals surface area (Å²) in [7, 11) is 0. The third-order valence-electron chi connectivity index (χ3n) is 5.62. The number of hydrogen-bond acceptors (Lipinski definition) is 4. The average molecular weight is 458 g/mol. The van der Waals surface area contributed by atoms with Gasteiger partial charge in [0.1, 0.15) is 12.4 Å². The van der Waals surface area contributed by atoms with Gasteiger partial charge in [0.15, 0.2) is 0 Å². The first-order valence-electron chi connectivity index (χ1n) is 10.5. The van der Waals surface area contributed by atoms with Crippen LogP contribution in [-0.4, -0.2) is 60.5 Å². The van der Waals surface area contributed by atoms with E-state index >= 15 is 0 Å². The third kappa shape index (κ3) is 4.56. The van der Waals surface area contributed by atoms with E-state index in [9.17, 15) is 14.0 Å². The summed E-state index contributed by atoms with van der Waals surface area (Å²) in [6.07, 6.45) is 1.70. The minimum absolute atomic E-state index is 0.0607. The number of hydrogen-bond donors (Lipinski definition) is 2. The molecule has 2 heterocycles. The van der Waals surface area contributed by atoms with Crippen LogP contribution in [0.5, 0.6) is 0 Å². The molecule has 7 nitrogen and oxygen atoms in total. The second-order valence-electron chi connectivity index (χ2n) is 7.70. The highest BCUT2D eigenvalue weighted by atomic mass is 35.5. The van der Waals surface area contributed by atoms with Gasteiger partial charge in [-0.1, -0.05) is 29.8 Å². The summed E-state index contributed by atoms with van der Waals surface area (Å²) in [5, 5.41) is 4.00. The second-order valence-corrected chi connectivity index (χ2v) is 8.14. The molecule has 0 bridgehead atoms. The Morgan fingerprint density at radius 3 is 2.56 bits per heavy atom.